The van der Waals surface area contributed by atoms with Crippen molar-refractivity contribution in [1.82, 2.24) is 15.0 Å². The summed E-state index contributed by atoms with van der Waals surface area (Å²) in [7, 11) is 0. The smallest absolute Gasteiger partial charge is 0.189 e. The van der Waals surface area contributed by atoms with E-state index in [9.17, 15) is 0 Å². The maximum Gasteiger partial charge on any atom is 0.189 e. The summed E-state index contributed by atoms with van der Waals surface area (Å²) in [6, 6.07) is 8.20. The molecule has 0 aliphatic heterocycles. The van der Waals surface area contributed by atoms with Crippen molar-refractivity contribution in [2.45, 2.75) is 25.7 Å². The van der Waals surface area contributed by atoms with Gasteiger partial charge in [-0.1, -0.05) is 23.5 Å². The summed E-state index contributed by atoms with van der Waals surface area (Å²) < 4.78 is 1.19. The average molecular weight is 375 g/mol. The van der Waals surface area contributed by atoms with Crippen LogP contribution >= 0.6 is 35.1 Å². The van der Waals surface area contributed by atoms with Crippen LogP contribution in [0.2, 0.25) is 0 Å². The molecule has 0 saturated heterocycles. The maximum atomic E-state index is 4.66. The molecule has 4 nitrogen and oxygen atoms in total. The highest BCUT2D eigenvalue weighted by Crippen LogP contribution is 2.39. The van der Waals surface area contributed by atoms with Gasteiger partial charge in [0.05, 0.1) is 15.6 Å². The molecule has 0 bridgehead atoms. The van der Waals surface area contributed by atoms with E-state index in [1.807, 2.05) is 29.5 Å². The molecule has 0 unspecified atom stereocenters. The first-order valence-corrected chi connectivity index (χ1v) is 9.39. The molecule has 1 aliphatic rings. The van der Waals surface area contributed by atoms with Crippen LogP contribution in [0.25, 0.3) is 20.4 Å². The fraction of sp³-hybridized carbons (Fsp3) is 0.235. The zero-order valence-corrected chi connectivity index (χ0v) is 15.2. The molecule has 0 amide bonds. The summed E-state index contributed by atoms with van der Waals surface area (Å²) in [5.41, 5.74) is 2.47. The van der Waals surface area contributed by atoms with Crippen LogP contribution in [0.15, 0.2) is 30.6 Å². The van der Waals surface area contributed by atoms with Crippen molar-refractivity contribution < 1.29 is 0 Å². The molecule has 0 fully saturated rings. The van der Waals surface area contributed by atoms with Crippen LogP contribution in [-0.2, 0) is 12.8 Å². The Labute approximate surface area is 153 Å². The fourth-order valence-electron chi connectivity index (χ4n) is 3.21. The maximum absolute atomic E-state index is 4.66. The summed E-state index contributed by atoms with van der Waals surface area (Å²) in [5.74, 6) is 0.897. The number of fused-ring (bicyclic) bond motifs is 4. The van der Waals surface area contributed by atoms with Gasteiger partial charge in [-0.05, 0) is 43.4 Å². The number of hydrogen-bond donors (Lipinski definition) is 1. The molecule has 0 atom stereocenters. The Morgan fingerprint density at radius 1 is 1.00 bits per heavy atom. The van der Waals surface area contributed by atoms with Crippen molar-refractivity contribution in [3.8, 4) is 0 Å². The number of nitrogens with zero attached hydrogens (tertiary/aromatic N) is 3. The largest absolute Gasteiger partial charge is 0.316 e. The molecule has 0 spiro atoms. The highest BCUT2D eigenvalue weighted by atomic mass is 35.5. The van der Waals surface area contributed by atoms with Crippen LogP contribution in [0, 0.1) is 0 Å². The summed E-state index contributed by atoms with van der Waals surface area (Å²) in [5, 5.41) is 5.53. The number of thiazole rings is 1. The average Bonchev–Trinajstić information content (AvgIpc) is 3.15. The quantitative estimate of drug-likeness (QED) is 0.514. The number of aromatic nitrogens is 3. The van der Waals surface area contributed by atoms with Crippen molar-refractivity contribution in [3.05, 3.63) is 41.0 Å². The normalized spacial score (nSPS) is 13.7. The van der Waals surface area contributed by atoms with Crippen molar-refractivity contribution in [2.75, 3.05) is 5.32 Å². The number of aryl methyl sites for hydroxylation is 2. The highest BCUT2D eigenvalue weighted by Gasteiger charge is 2.20. The van der Waals surface area contributed by atoms with E-state index >= 15 is 0 Å². The van der Waals surface area contributed by atoms with E-state index < -0.39 is 0 Å². The predicted molar refractivity (Wildman–Crippen MR) is 104 cm³/mol. The second kappa shape index (κ2) is 6.27. The Hall–Kier alpha value is -1.76. The van der Waals surface area contributed by atoms with Crippen molar-refractivity contribution >= 4 is 66.5 Å². The standard InChI is InChI=1S/C17H14N4S2.ClH/c1-3-7-12-10(5-1)14-15(18-9-19-16(14)22-12)21-17-20-11-6-2-4-8-13(11)23-17;/h2,4,6,8-9H,1,3,5,7H2,(H,18,19,20,21);1H. The van der Waals surface area contributed by atoms with E-state index in [2.05, 4.69) is 26.3 Å². The summed E-state index contributed by atoms with van der Waals surface area (Å²) in [6.07, 6.45) is 6.51. The summed E-state index contributed by atoms with van der Waals surface area (Å²) in [6.45, 7) is 0. The molecular weight excluding hydrogens is 360 g/mol. The third-order valence-corrected chi connectivity index (χ3v) is 6.42. The lowest BCUT2D eigenvalue weighted by atomic mass is 9.97. The highest BCUT2D eigenvalue weighted by molar-refractivity contribution is 7.22. The molecule has 3 heterocycles. The molecule has 5 rings (SSSR count). The molecule has 4 aromatic rings. The van der Waals surface area contributed by atoms with Crippen molar-refractivity contribution in [1.29, 1.82) is 0 Å². The predicted octanol–water partition coefficient (Wildman–Crippen LogP) is 5.35. The van der Waals surface area contributed by atoms with Crippen LogP contribution in [0.3, 0.4) is 0 Å². The van der Waals surface area contributed by atoms with E-state index in [0.29, 0.717) is 0 Å². The first-order valence-electron chi connectivity index (χ1n) is 7.76. The van der Waals surface area contributed by atoms with E-state index in [-0.39, 0.29) is 12.4 Å². The monoisotopic (exact) mass is 374 g/mol. The number of benzene rings is 1. The van der Waals surface area contributed by atoms with Gasteiger partial charge in [-0.2, -0.15) is 0 Å². The lowest BCUT2D eigenvalue weighted by Gasteiger charge is -2.11. The number of para-hydroxylation sites is 1. The molecule has 0 saturated carbocycles. The van der Waals surface area contributed by atoms with Crippen LogP contribution in [0.5, 0.6) is 0 Å². The van der Waals surface area contributed by atoms with Gasteiger partial charge in [-0.25, -0.2) is 15.0 Å². The number of hydrogen-bond acceptors (Lipinski definition) is 6. The number of nitrogens with one attached hydrogen (secondary N) is 1. The summed E-state index contributed by atoms with van der Waals surface area (Å²) in [4.78, 5) is 16.2. The number of thiophene rings is 1. The van der Waals surface area contributed by atoms with Crippen LogP contribution in [0.4, 0.5) is 10.9 Å². The zero-order chi connectivity index (χ0) is 15.2. The van der Waals surface area contributed by atoms with Crippen molar-refractivity contribution in [3.63, 3.8) is 0 Å². The molecular formula is C17H15ClN4S2. The molecule has 122 valence electrons. The number of rotatable bonds is 2. The van der Waals surface area contributed by atoms with E-state index in [1.165, 1.54) is 39.8 Å². The first-order chi connectivity index (χ1) is 11.4. The zero-order valence-electron chi connectivity index (χ0n) is 12.8. The van der Waals surface area contributed by atoms with E-state index in [1.54, 1.807) is 17.7 Å². The van der Waals surface area contributed by atoms with Crippen LogP contribution in [0.1, 0.15) is 23.3 Å². The Morgan fingerprint density at radius 2 is 1.88 bits per heavy atom. The van der Waals surface area contributed by atoms with Crippen LogP contribution < -0.4 is 5.32 Å². The molecule has 0 radical (unpaired) electrons. The van der Waals surface area contributed by atoms with Gasteiger partial charge in [0, 0.05) is 4.88 Å². The van der Waals surface area contributed by atoms with Crippen LogP contribution in [-0.4, -0.2) is 15.0 Å². The third-order valence-electron chi connectivity index (χ3n) is 4.27. The minimum atomic E-state index is 0. The van der Waals surface area contributed by atoms with Crippen molar-refractivity contribution in [2.24, 2.45) is 0 Å². The Bertz CT molecular complexity index is 991. The second-order valence-electron chi connectivity index (χ2n) is 5.73. The van der Waals surface area contributed by atoms with Gasteiger partial charge in [0.1, 0.15) is 17.0 Å². The minimum Gasteiger partial charge on any atom is -0.316 e. The Morgan fingerprint density at radius 3 is 2.79 bits per heavy atom. The summed E-state index contributed by atoms with van der Waals surface area (Å²) >= 11 is 3.48. The molecule has 7 heteroatoms. The first kappa shape index (κ1) is 15.7. The van der Waals surface area contributed by atoms with E-state index in [4.69, 9.17) is 0 Å². The number of anilines is 2. The van der Waals surface area contributed by atoms with Gasteiger partial charge < -0.3 is 5.32 Å². The van der Waals surface area contributed by atoms with Gasteiger partial charge in [0.15, 0.2) is 5.13 Å². The topological polar surface area (TPSA) is 50.7 Å². The minimum absolute atomic E-state index is 0. The molecule has 24 heavy (non-hydrogen) atoms. The second-order valence-corrected chi connectivity index (χ2v) is 7.84. The molecule has 3 aromatic heterocycles. The molecule has 1 aromatic carbocycles. The van der Waals surface area contributed by atoms with Gasteiger partial charge in [-0.15, -0.1) is 23.7 Å². The lowest BCUT2D eigenvalue weighted by Crippen LogP contribution is -2.00. The van der Waals surface area contributed by atoms with Gasteiger partial charge in [-0.3, -0.25) is 0 Å². The lowest BCUT2D eigenvalue weighted by molar-refractivity contribution is 0.700. The Kier molecular flexibility index (Phi) is 4.12. The van der Waals surface area contributed by atoms with Gasteiger partial charge >= 0.3 is 0 Å². The third kappa shape index (κ3) is 2.55. The molecule has 1 N–H and O–H groups in total. The SMILES string of the molecule is Cl.c1ccc2sc(Nc3ncnc4sc5c(c34)CCCC5)nc2c1. The molecule has 1 aliphatic carbocycles. The van der Waals surface area contributed by atoms with Gasteiger partial charge in [0.2, 0.25) is 0 Å². The number of halogens is 1. The van der Waals surface area contributed by atoms with E-state index in [0.717, 1.165) is 27.7 Å². The van der Waals surface area contributed by atoms with Gasteiger partial charge in [0.25, 0.3) is 0 Å². The fourth-order valence-corrected chi connectivity index (χ4v) is 5.31. The Balaban J connectivity index is 0.00000146.